The highest BCUT2D eigenvalue weighted by Gasteiger charge is 2.40. The maximum Gasteiger partial charge on any atom is 0.336 e. The maximum absolute atomic E-state index is 10.3. The summed E-state index contributed by atoms with van der Waals surface area (Å²) in [6, 6.07) is 0. The molecule has 0 spiro atoms. The van der Waals surface area contributed by atoms with E-state index in [0.717, 1.165) is 6.92 Å². The van der Waals surface area contributed by atoms with Crippen molar-refractivity contribution in [1.82, 2.24) is 0 Å². The van der Waals surface area contributed by atoms with Crippen molar-refractivity contribution in [3.63, 3.8) is 0 Å². The van der Waals surface area contributed by atoms with Crippen molar-refractivity contribution in [1.29, 1.82) is 0 Å². The van der Waals surface area contributed by atoms with Crippen LogP contribution in [0.15, 0.2) is 0 Å². The molecular weight excluding hydrogens is 272 g/mol. The first-order chi connectivity index (χ1) is 7.51. The Hall–Kier alpha value is -2.24. The van der Waals surface area contributed by atoms with Gasteiger partial charge >= 0.3 is 17.9 Å². The van der Waals surface area contributed by atoms with E-state index in [2.05, 4.69) is 0 Å². The van der Waals surface area contributed by atoms with Gasteiger partial charge in [0.05, 0.1) is 12.8 Å². The van der Waals surface area contributed by atoms with Gasteiger partial charge in [-0.25, -0.2) is 4.79 Å². The molecule has 0 aromatic carbocycles. The second kappa shape index (κ2) is 10.9. The van der Waals surface area contributed by atoms with Gasteiger partial charge in [0.25, 0.3) is 5.97 Å². The molecule has 0 saturated carbocycles. The summed E-state index contributed by atoms with van der Waals surface area (Å²) in [6.45, 7) is 1.08. The van der Waals surface area contributed by atoms with Crippen LogP contribution in [0.2, 0.25) is 0 Å². The second-order valence-electron chi connectivity index (χ2n) is 3.00. The second-order valence-corrected chi connectivity index (χ2v) is 3.00. The molecule has 0 unspecified atom stereocenters. The molecule has 11 nitrogen and oxygen atoms in total. The molecule has 0 rings (SSSR count). The zero-order valence-electron chi connectivity index (χ0n) is 9.78. The Kier molecular flexibility index (Phi) is 14.6. The number of rotatable bonds is 5. The maximum atomic E-state index is 10.3. The van der Waals surface area contributed by atoms with E-state index in [1.165, 1.54) is 0 Å². The Morgan fingerprint density at radius 1 is 0.842 bits per heavy atom. The smallest absolute Gasteiger partial charge is 0.336 e. The molecule has 0 radical (unpaired) electrons. The van der Waals surface area contributed by atoms with Gasteiger partial charge in [0.2, 0.25) is 0 Å². The van der Waals surface area contributed by atoms with Crippen LogP contribution in [0.1, 0.15) is 19.8 Å². The Labute approximate surface area is 106 Å². The van der Waals surface area contributed by atoms with Crippen molar-refractivity contribution in [2.24, 2.45) is 0 Å². The topological polar surface area (TPSA) is 232 Å². The van der Waals surface area contributed by atoms with Crippen LogP contribution in [0.4, 0.5) is 0 Å². The minimum absolute atomic E-state index is 0. The van der Waals surface area contributed by atoms with Gasteiger partial charge in [-0.1, -0.05) is 0 Å². The molecule has 114 valence electrons. The molecule has 0 fully saturated rings. The lowest BCUT2D eigenvalue weighted by molar-refractivity contribution is -0.170. The molecule has 9 N–H and O–H groups in total. The molecule has 0 amide bonds. The summed E-state index contributed by atoms with van der Waals surface area (Å²) in [7, 11) is 0. The van der Waals surface area contributed by atoms with Gasteiger partial charge in [-0.3, -0.25) is 14.4 Å². The zero-order chi connectivity index (χ0) is 14.2. The molecule has 0 bridgehead atoms. The minimum atomic E-state index is -2.74. The number of hydrogen-bond donors (Lipinski definition) is 5. The summed E-state index contributed by atoms with van der Waals surface area (Å²) in [5.74, 6) is -5.85. The van der Waals surface area contributed by atoms with E-state index in [1.807, 2.05) is 0 Å². The third-order valence-electron chi connectivity index (χ3n) is 1.29. The molecule has 0 aliphatic heterocycles. The van der Waals surface area contributed by atoms with E-state index in [-0.39, 0.29) is 11.0 Å². The molecule has 19 heavy (non-hydrogen) atoms. The average Bonchev–Trinajstić information content (AvgIpc) is 1.98. The Morgan fingerprint density at radius 3 is 1.16 bits per heavy atom. The molecule has 0 saturated heterocycles. The van der Waals surface area contributed by atoms with Crippen LogP contribution in [0, 0.1) is 0 Å². The standard InChI is InChI=1S/C6H8O7.C2H4O2.2H2O/c7-3(8)1-6(13,5(11)12)2-4(9)10;1-2(3)4;;/h13H,1-2H2,(H,7,8)(H,9,10)(H,11,12);1H3,(H,3,4);2*1H2. The number of carboxylic acids is 4. The summed E-state index contributed by atoms with van der Waals surface area (Å²) in [5, 5.41) is 41.2. The van der Waals surface area contributed by atoms with Crippen LogP contribution in [-0.2, 0) is 19.2 Å². The van der Waals surface area contributed by atoms with Crippen molar-refractivity contribution in [2.45, 2.75) is 25.4 Å². The lowest BCUT2D eigenvalue weighted by atomic mass is 9.96. The summed E-state index contributed by atoms with van der Waals surface area (Å²) >= 11 is 0. The van der Waals surface area contributed by atoms with Gasteiger partial charge < -0.3 is 36.5 Å². The first-order valence-corrected chi connectivity index (χ1v) is 4.10. The molecule has 0 aliphatic carbocycles. The van der Waals surface area contributed by atoms with Crippen LogP contribution in [-0.4, -0.2) is 66.0 Å². The van der Waals surface area contributed by atoms with Gasteiger partial charge in [-0.05, 0) is 0 Å². The fourth-order valence-corrected chi connectivity index (χ4v) is 0.714. The Balaban J connectivity index is -0.000000165. The average molecular weight is 288 g/mol. The fraction of sp³-hybridized carbons (Fsp3) is 0.500. The summed E-state index contributed by atoms with van der Waals surface area (Å²) in [6.07, 6.45) is -2.29. The lowest BCUT2D eigenvalue weighted by Crippen LogP contribution is -2.42. The predicted octanol–water partition coefficient (Wildman–Crippen LogP) is -2.81. The van der Waals surface area contributed by atoms with E-state index in [9.17, 15) is 14.4 Å². The lowest BCUT2D eigenvalue weighted by Gasteiger charge is -2.18. The number of carboxylic acid groups (broad SMARTS) is 4. The highest BCUT2D eigenvalue weighted by Crippen LogP contribution is 2.15. The van der Waals surface area contributed by atoms with Crippen LogP contribution in [0.25, 0.3) is 0 Å². The van der Waals surface area contributed by atoms with Crippen molar-refractivity contribution >= 4 is 23.9 Å². The number of aliphatic hydroxyl groups is 1. The van der Waals surface area contributed by atoms with Crippen LogP contribution >= 0.6 is 0 Å². The number of hydrogen-bond acceptors (Lipinski definition) is 5. The Morgan fingerprint density at radius 2 is 1.05 bits per heavy atom. The molecule has 11 heteroatoms. The highest BCUT2D eigenvalue weighted by molar-refractivity contribution is 5.88. The van der Waals surface area contributed by atoms with Crippen molar-refractivity contribution < 1.29 is 55.7 Å². The van der Waals surface area contributed by atoms with Gasteiger partial charge in [-0.15, -0.1) is 0 Å². The normalized spacial score (nSPS) is 8.74. The molecule has 0 atom stereocenters. The van der Waals surface area contributed by atoms with Crippen molar-refractivity contribution in [3.8, 4) is 0 Å². The third-order valence-corrected chi connectivity index (χ3v) is 1.29. The van der Waals surface area contributed by atoms with Crippen molar-refractivity contribution in [3.05, 3.63) is 0 Å². The van der Waals surface area contributed by atoms with E-state index in [0.29, 0.717) is 0 Å². The SMILES string of the molecule is CC(=O)O.O.O.O=C(O)CC(O)(CC(=O)O)C(=O)O. The number of aliphatic carboxylic acids is 4. The largest absolute Gasteiger partial charge is 0.481 e. The van der Waals surface area contributed by atoms with E-state index < -0.39 is 42.3 Å². The zero-order valence-corrected chi connectivity index (χ0v) is 9.78. The van der Waals surface area contributed by atoms with Gasteiger partial charge in [0, 0.05) is 6.92 Å². The van der Waals surface area contributed by atoms with Gasteiger partial charge in [-0.2, -0.15) is 0 Å². The van der Waals surface area contributed by atoms with E-state index in [4.69, 9.17) is 30.3 Å². The van der Waals surface area contributed by atoms with Crippen molar-refractivity contribution in [2.75, 3.05) is 0 Å². The van der Waals surface area contributed by atoms with Crippen LogP contribution < -0.4 is 0 Å². The molecule has 0 heterocycles. The summed E-state index contributed by atoms with van der Waals surface area (Å²) in [5.41, 5.74) is -2.74. The third kappa shape index (κ3) is 15.8. The molecule has 0 aliphatic rings. The Bertz CT molecular complexity index is 301. The summed E-state index contributed by atoms with van der Waals surface area (Å²) < 4.78 is 0. The summed E-state index contributed by atoms with van der Waals surface area (Å²) in [4.78, 5) is 39.5. The molecular formula is C8H16O11. The van der Waals surface area contributed by atoms with Crippen LogP contribution in [0.5, 0.6) is 0 Å². The van der Waals surface area contributed by atoms with Gasteiger partial charge in [0.15, 0.2) is 5.60 Å². The molecule has 0 aromatic rings. The van der Waals surface area contributed by atoms with E-state index >= 15 is 0 Å². The van der Waals surface area contributed by atoms with Crippen LogP contribution in [0.3, 0.4) is 0 Å². The number of carbonyl (C=O) groups is 4. The first-order valence-electron chi connectivity index (χ1n) is 4.10. The predicted molar refractivity (Wildman–Crippen MR) is 57.6 cm³/mol. The van der Waals surface area contributed by atoms with E-state index in [1.54, 1.807) is 0 Å². The minimum Gasteiger partial charge on any atom is -0.481 e. The highest BCUT2D eigenvalue weighted by atomic mass is 16.4. The fourth-order valence-electron chi connectivity index (χ4n) is 0.714. The first kappa shape index (κ1) is 25.6. The molecule has 0 aromatic heterocycles. The van der Waals surface area contributed by atoms with Gasteiger partial charge in [0.1, 0.15) is 0 Å². The monoisotopic (exact) mass is 288 g/mol. The quantitative estimate of drug-likeness (QED) is 0.350.